The molecule has 3 heterocycles. The van der Waals surface area contributed by atoms with E-state index in [1.807, 2.05) is 24.3 Å². The van der Waals surface area contributed by atoms with Crippen LogP contribution in [0.15, 0.2) is 79.1 Å². The molecule has 42 heavy (non-hydrogen) atoms. The standard InChI is InChI=1S/C29H22F6N6O/c1-42-20-8-4-17(5-9-20)14-36-16-25-40-23-13-18(26-22(28(30,31)32)3-2-12-37-26)6-10-21(23)27(41-25)39-19-7-11-24(38-15-19)29(33,34)35/h2-13,15,36H,14,16H2,1H3,(H,39,40,41). The molecule has 5 rings (SSSR count). The average molecular weight is 585 g/mol. The molecule has 3 aromatic heterocycles. The van der Waals surface area contributed by atoms with Crippen molar-refractivity contribution in [1.82, 2.24) is 25.3 Å². The molecule has 0 unspecified atom stereocenters. The maximum Gasteiger partial charge on any atom is 0.433 e. The first kappa shape index (κ1) is 28.7. The number of ether oxygens (including phenoxy) is 1. The van der Waals surface area contributed by atoms with Gasteiger partial charge in [0.25, 0.3) is 0 Å². The first-order chi connectivity index (χ1) is 20.0. The predicted molar refractivity (Wildman–Crippen MR) is 144 cm³/mol. The summed E-state index contributed by atoms with van der Waals surface area (Å²) < 4.78 is 85.1. The number of hydrogen-bond donors (Lipinski definition) is 2. The van der Waals surface area contributed by atoms with Gasteiger partial charge in [-0.05, 0) is 54.1 Å². The molecule has 5 aromatic rings. The highest BCUT2D eigenvalue weighted by Gasteiger charge is 2.34. The summed E-state index contributed by atoms with van der Waals surface area (Å²) in [5.41, 5.74) is -0.515. The SMILES string of the molecule is COc1ccc(CNCc2nc(Nc3ccc(C(F)(F)F)nc3)c3ccc(-c4ncccc4C(F)(F)F)cc3n2)cc1. The fourth-order valence-electron chi connectivity index (χ4n) is 4.20. The molecule has 0 saturated heterocycles. The summed E-state index contributed by atoms with van der Waals surface area (Å²) in [4.78, 5) is 16.5. The van der Waals surface area contributed by atoms with Crippen LogP contribution in [0.3, 0.4) is 0 Å². The summed E-state index contributed by atoms with van der Waals surface area (Å²) >= 11 is 0. The van der Waals surface area contributed by atoms with Crippen molar-refractivity contribution in [2.75, 3.05) is 12.4 Å². The van der Waals surface area contributed by atoms with Gasteiger partial charge in [-0.1, -0.05) is 18.2 Å². The molecular formula is C29H22F6N6O. The van der Waals surface area contributed by atoms with Gasteiger partial charge in [-0.25, -0.2) is 15.0 Å². The Kier molecular flexibility index (Phi) is 7.94. The number of methoxy groups -OCH3 is 1. The number of halogens is 6. The first-order valence-corrected chi connectivity index (χ1v) is 12.5. The van der Waals surface area contributed by atoms with Crippen LogP contribution in [0.4, 0.5) is 37.8 Å². The van der Waals surface area contributed by atoms with E-state index in [0.717, 1.165) is 23.9 Å². The largest absolute Gasteiger partial charge is 0.497 e. The molecule has 0 bridgehead atoms. The van der Waals surface area contributed by atoms with Crippen molar-refractivity contribution in [3.8, 4) is 17.0 Å². The normalized spacial score (nSPS) is 12.0. The number of hydrogen-bond acceptors (Lipinski definition) is 7. The van der Waals surface area contributed by atoms with Crippen molar-refractivity contribution >= 4 is 22.4 Å². The van der Waals surface area contributed by atoms with Crippen LogP contribution in [-0.2, 0) is 25.4 Å². The van der Waals surface area contributed by atoms with Crippen LogP contribution in [0.25, 0.3) is 22.2 Å². The predicted octanol–water partition coefficient (Wildman–Crippen LogP) is 7.17. The van der Waals surface area contributed by atoms with Gasteiger partial charge in [0, 0.05) is 23.7 Å². The highest BCUT2D eigenvalue weighted by atomic mass is 19.4. The molecule has 0 aliphatic heterocycles. The van der Waals surface area contributed by atoms with Crippen LogP contribution < -0.4 is 15.4 Å². The van der Waals surface area contributed by atoms with Gasteiger partial charge in [-0.15, -0.1) is 0 Å². The van der Waals surface area contributed by atoms with Crippen LogP contribution >= 0.6 is 0 Å². The molecule has 2 aromatic carbocycles. The third-order valence-corrected chi connectivity index (χ3v) is 6.22. The minimum Gasteiger partial charge on any atom is -0.497 e. The molecule has 2 N–H and O–H groups in total. The van der Waals surface area contributed by atoms with Crippen molar-refractivity contribution in [2.24, 2.45) is 0 Å². The fourth-order valence-corrected chi connectivity index (χ4v) is 4.20. The van der Waals surface area contributed by atoms with Gasteiger partial charge >= 0.3 is 12.4 Å². The van der Waals surface area contributed by atoms with Crippen molar-refractivity contribution in [3.05, 3.63) is 102 Å². The Morgan fingerprint density at radius 2 is 1.60 bits per heavy atom. The van der Waals surface area contributed by atoms with Crippen LogP contribution in [0.5, 0.6) is 5.75 Å². The van der Waals surface area contributed by atoms with E-state index in [0.29, 0.717) is 29.0 Å². The third-order valence-electron chi connectivity index (χ3n) is 6.22. The highest BCUT2D eigenvalue weighted by molar-refractivity contribution is 5.93. The number of benzene rings is 2. The molecule has 0 atom stereocenters. The van der Waals surface area contributed by atoms with Gasteiger partial charge in [0.1, 0.15) is 23.1 Å². The summed E-state index contributed by atoms with van der Waals surface area (Å²) in [6.45, 7) is 0.642. The Bertz CT molecular complexity index is 1690. The van der Waals surface area contributed by atoms with Crippen molar-refractivity contribution in [1.29, 1.82) is 0 Å². The minimum absolute atomic E-state index is 0.184. The van der Waals surface area contributed by atoms with Gasteiger partial charge in [0.15, 0.2) is 0 Å². The van der Waals surface area contributed by atoms with Gasteiger partial charge in [-0.2, -0.15) is 26.3 Å². The first-order valence-electron chi connectivity index (χ1n) is 12.5. The second-order valence-electron chi connectivity index (χ2n) is 9.12. The van der Waals surface area contributed by atoms with Crippen LogP contribution in [0.2, 0.25) is 0 Å². The van der Waals surface area contributed by atoms with E-state index < -0.39 is 23.6 Å². The molecule has 0 amide bonds. The van der Waals surface area contributed by atoms with Crippen LogP contribution in [0.1, 0.15) is 22.6 Å². The average Bonchev–Trinajstić information content (AvgIpc) is 2.96. The molecular weight excluding hydrogens is 562 g/mol. The third kappa shape index (κ3) is 6.57. The lowest BCUT2D eigenvalue weighted by Crippen LogP contribution is -2.15. The highest BCUT2D eigenvalue weighted by Crippen LogP contribution is 2.37. The zero-order valence-electron chi connectivity index (χ0n) is 21.9. The molecule has 0 fully saturated rings. The summed E-state index contributed by atoms with van der Waals surface area (Å²) in [6.07, 6.45) is -6.92. The van der Waals surface area contributed by atoms with Crippen molar-refractivity contribution < 1.29 is 31.1 Å². The Labute approximate surface area is 235 Å². The maximum absolute atomic E-state index is 13.7. The van der Waals surface area contributed by atoms with Gasteiger partial charge < -0.3 is 15.4 Å². The van der Waals surface area contributed by atoms with E-state index in [4.69, 9.17) is 4.74 Å². The Hall–Kier alpha value is -4.78. The van der Waals surface area contributed by atoms with E-state index >= 15 is 0 Å². The van der Waals surface area contributed by atoms with Crippen LogP contribution in [0, 0.1) is 0 Å². The van der Waals surface area contributed by atoms with Crippen LogP contribution in [-0.4, -0.2) is 27.0 Å². The lowest BCUT2D eigenvalue weighted by atomic mass is 10.0. The second-order valence-corrected chi connectivity index (χ2v) is 9.12. The Morgan fingerprint density at radius 1 is 0.810 bits per heavy atom. The van der Waals surface area contributed by atoms with Crippen molar-refractivity contribution in [3.63, 3.8) is 0 Å². The van der Waals surface area contributed by atoms with E-state index in [1.165, 1.54) is 36.5 Å². The van der Waals surface area contributed by atoms with Gasteiger partial charge in [0.2, 0.25) is 0 Å². The molecule has 216 valence electrons. The topological polar surface area (TPSA) is 84.9 Å². The maximum atomic E-state index is 13.7. The molecule has 0 aliphatic rings. The molecule has 0 radical (unpaired) electrons. The molecule has 0 aliphatic carbocycles. The molecule has 13 heteroatoms. The summed E-state index contributed by atoms with van der Waals surface area (Å²) in [5, 5.41) is 6.61. The van der Waals surface area contributed by atoms with E-state index in [1.54, 1.807) is 7.11 Å². The smallest absolute Gasteiger partial charge is 0.433 e. The molecule has 0 saturated carbocycles. The lowest BCUT2D eigenvalue weighted by molar-refractivity contribution is -0.141. The number of nitrogens with zero attached hydrogens (tertiary/aromatic N) is 4. The second kappa shape index (κ2) is 11.6. The zero-order valence-corrected chi connectivity index (χ0v) is 21.9. The Balaban J connectivity index is 1.50. The summed E-state index contributed by atoms with van der Waals surface area (Å²) in [7, 11) is 1.57. The fraction of sp³-hybridized carbons (Fsp3) is 0.172. The number of anilines is 2. The number of pyridine rings is 2. The zero-order chi connectivity index (χ0) is 29.9. The minimum atomic E-state index is -4.62. The van der Waals surface area contributed by atoms with Gasteiger partial charge in [0.05, 0.1) is 42.3 Å². The number of rotatable bonds is 8. The number of nitrogens with one attached hydrogen (secondary N) is 2. The van der Waals surface area contributed by atoms with E-state index in [2.05, 4.69) is 30.6 Å². The summed E-state index contributed by atoms with van der Waals surface area (Å²) in [6, 6.07) is 16.1. The Morgan fingerprint density at radius 3 is 2.26 bits per heavy atom. The molecule has 7 nitrogen and oxygen atoms in total. The summed E-state index contributed by atoms with van der Waals surface area (Å²) in [5.74, 6) is 1.25. The molecule has 0 spiro atoms. The monoisotopic (exact) mass is 584 g/mol. The quantitative estimate of drug-likeness (QED) is 0.187. The van der Waals surface area contributed by atoms with E-state index in [9.17, 15) is 26.3 Å². The van der Waals surface area contributed by atoms with Gasteiger partial charge in [-0.3, -0.25) is 4.98 Å². The number of fused-ring (bicyclic) bond motifs is 1. The van der Waals surface area contributed by atoms with E-state index in [-0.39, 0.29) is 29.3 Å². The number of alkyl halides is 6. The number of aromatic nitrogens is 4. The van der Waals surface area contributed by atoms with Crippen molar-refractivity contribution in [2.45, 2.75) is 25.4 Å². The lowest BCUT2D eigenvalue weighted by Gasteiger charge is -2.14.